The predicted octanol–water partition coefficient (Wildman–Crippen LogP) is -0.154. The lowest BCUT2D eigenvalue weighted by Gasteiger charge is -2.33. The van der Waals surface area contributed by atoms with Gasteiger partial charge in [-0.25, -0.2) is 5.90 Å². The summed E-state index contributed by atoms with van der Waals surface area (Å²) in [5.74, 6) is 4.73. The number of rotatable bonds is 3. The molecule has 0 amide bonds. The molecule has 1 heterocycles. The molecule has 1 aliphatic heterocycles. The molecule has 1 aliphatic rings. The van der Waals surface area contributed by atoms with E-state index in [0.717, 1.165) is 0 Å². The van der Waals surface area contributed by atoms with Gasteiger partial charge in [0.05, 0.1) is 19.1 Å². The number of hydrogen-bond acceptors (Lipinski definition) is 5. The average Bonchev–Trinajstić information content (AvgIpc) is 2.18. The van der Waals surface area contributed by atoms with Crippen LogP contribution in [0, 0.1) is 5.41 Å². The molecule has 0 atom stereocenters. The van der Waals surface area contributed by atoms with Gasteiger partial charge in [-0.05, 0) is 12.8 Å². The van der Waals surface area contributed by atoms with Crippen molar-refractivity contribution in [2.24, 2.45) is 11.3 Å². The van der Waals surface area contributed by atoms with Crippen LogP contribution < -0.4 is 5.90 Å². The SMILES string of the molecule is COC(=O)C1(CON)CCOCC1. The Bertz CT molecular complexity index is 171. The molecule has 1 fully saturated rings. The van der Waals surface area contributed by atoms with Crippen LogP contribution in [0.25, 0.3) is 0 Å². The zero-order chi connectivity index (χ0) is 9.73. The van der Waals surface area contributed by atoms with Crippen molar-refractivity contribution in [1.29, 1.82) is 0 Å². The second-order valence-electron chi connectivity index (χ2n) is 3.20. The highest BCUT2D eigenvalue weighted by Gasteiger charge is 2.41. The largest absolute Gasteiger partial charge is 0.469 e. The van der Waals surface area contributed by atoms with Crippen molar-refractivity contribution in [2.45, 2.75) is 12.8 Å². The number of methoxy groups -OCH3 is 1. The highest BCUT2D eigenvalue weighted by atomic mass is 16.6. The van der Waals surface area contributed by atoms with E-state index in [0.29, 0.717) is 26.1 Å². The molecular formula is C8H15NO4. The molecule has 0 radical (unpaired) electrons. The van der Waals surface area contributed by atoms with Crippen LogP contribution in [-0.4, -0.2) is 32.9 Å². The van der Waals surface area contributed by atoms with Gasteiger partial charge >= 0.3 is 5.97 Å². The molecule has 0 aromatic carbocycles. The minimum absolute atomic E-state index is 0.197. The van der Waals surface area contributed by atoms with Crippen molar-refractivity contribution in [3.8, 4) is 0 Å². The van der Waals surface area contributed by atoms with Crippen molar-refractivity contribution < 1.29 is 19.1 Å². The summed E-state index contributed by atoms with van der Waals surface area (Å²) in [6.07, 6.45) is 1.22. The summed E-state index contributed by atoms with van der Waals surface area (Å²) in [6, 6.07) is 0. The third-order valence-electron chi connectivity index (χ3n) is 2.43. The fourth-order valence-corrected chi connectivity index (χ4v) is 1.55. The van der Waals surface area contributed by atoms with Gasteiger partial charge in [0.15, 0.2) is 0 Å². The number of ether oxygens (including phenoxy) is 2. The number of carbonyl (C=O) groups excluding carboxylic acids is 1. The van der Waals surface area contributed by atoms with Gasteiger partial charge in [0.2, 0.25) is 0 Å². The Kier molecular flexibility index (Phi) is 3.65. The Morgan fingerprint density at radius 3 is 2.62 bits per heavy atom. The summed E-state index contributed by atoms with van der Waals surface area (Å²) in [5.41, 5.74) is -0.595. The first-order chi connectivity index (χ1) is 6.25. The van der Waals surface area contributed by atoms with Crippen molar-refractivity contribution in [3.63, 3.8) is 0 Å². The van der Waals surface area contributed by atoms with E-state index in [1.54, 1.807) is 0 Å². The van der Waals surface area contributed by atoms with Crippen LogP contribution in [0.2, 0.25) is 0 Å². The molecule has 0 saturated carbocycles. The zero-order valence-electron chi connectivity index (χ0n) is 7.75. The maximum Gasteiger partial charge on any atom is 0.314 e. The Hall–Kier alpha value is -0.650. The highest BCUT2D eigenvalue weighted by molar-refractivity contribution is 5.77. The summed E-state index contributed by atoms with van der Waals surface area (Å²) in [5, 5.41) is 0. The second-order valence-corrected chi connectivity index (χ2v) is 3.20. The van der Waals surface area contributed by atoms with Crippen molar-refractivity contribution in [2.75, 3.05) is 26.9 Å². The van der Waals surface area contributed by atoms with E-state index in [4.69, 9.17) is 15.4 Å². The normalized spacial score (nSPS) is 21.1. The van der Waals surface area contributed by atoms with E-state index in [9.17, 15) is 4.79 Å². The Morgan fingerprint density at radius 2 is 2.15 bits per heavy atom. The maximum absolute atomic E-state index is 11.5. The Balaban J connectivity index is 2.66. The van der Waals surface area contributed by atoms with Gasteiger partial charge in [-0.1, -0.05) is 0 Å². The molecule has 0 aromatic rings. The van der Waals surface area contributed by atoms with E-state index < -0.39 is 5.41 Å². The van der Waals surface area contributed by atoms with Crippen LogP contribution >= 0.6 is 0 Å². The minimum atomic E-state index is -0.595. The van der Waals surface area contributed by atoms with Crippen molar-refractivity contribution in [1.82, 2.24) is 0 Å². The lowest BCUT2D eigenvalue weighted by Crippen LogP contribution is -2.42. The summed E-state index contributed by atoms with van der Waals surface area (Å²) in [7, 11) is 1.37. The van der Waals surface area contributed by atoms with E-state index in [-0.39, 0.29) is 12.6 Å². The molecule has 5 nitrogen and oxygen atoms in total. The molecule has 0 aliphatic carbocycles. The first-order valence-corrected chi connectivity index (χ1v) is 4.23. The predicted molar refractivity (Wildman–Crippen MR) is 44.6 cm³/mol. The van der Waals surface area contributed by atoms with Crippen LogP contribution in [0.4, 0.5) is 0 Å². The van der Waals surface area contributed by atoms with Crippen LogP contribution in [0.3, 0.4) is 0 Å². The number of esters is 1. The fraction of sp³-hybridized carbons (Fsp3) is 0.875. The smallest absolute Gasteiger partial charge is 0.314 e. The third-order valence-corrected chi connectivity index (χ3v) is 2.43. The molecule has 0 aromatic heterocycles. The van der Waals surface area contributed by atoms with Gasteiger partial charge in [-0.15, -0.1) is 0 Å². The van der Waals surface area contributed by atoms with Gasteiger partial charge < -0.3 is 14.3 Å². The van der Waals surface area contributed by atoms with E-state index in [1.807, 2.05) is 0 Å². The lowest BCUT2D eigenvalue weighted by atomic mass is 9.81. The van der Waals surface area contributed by atoms with E-state index in [1.165, 1.54) is 7.11 Å². The second kappa shape index (κ2) is 4.55. The van der Waals surface area contributed by atoms with Gasteiger partial charge in [-0.2, -0.15) is 0 Å². The van der Waals surface area contributed by atoms with Gasteiger partial charge in [-0.3, -0.25) is 4.79 Å². The molecule has 0 unspecified atom stereocenters. The number of hydrogen-bond donors (Lipinski definition) is 1. The first kappa shape index (κ1) is 10.4. The Labute approximate surface area is 77.1 Å². The number of carbonyl (C=O) groups is 1. The molecular weight excluding hydrogens is 174 g/mol. The number of nitrogens with two attached hydrogens (primary N) is 1. The fourth-order valence-electron chi connectivity index (χ4n) is 1.55. The van der Waals surface area contributed by atoms with Gasteiger partial charge in [0.25, 0.3) is 0 Å². The van der Waals surface area contributed by atoms with Crippen LogP contribution in [0.1, 0.15) is 12.8 Å². The summed E-state index contributed by atoms with van der Waals surface area (Å²) in [4.78, 5) is 16.0. The van der Waals surface area contributed by atoms with Gasteiger partial charge in [0, 0.05) is 13.2 Å². The molecule has 0 spiro atoms. The molecule has 1 rings (SSSR count). The summed E-state index contributed by atoms with van der Waals surface area (Å²) in [6.45, 7) is 1.31. The third kappa shape index (κ3) is 2.18. The zero-order valence-corrected chi connectivity index (χ0v) is 7.75. The standard InChI is InChI=1S/C8H15NO4/c1-11-7(10)8(6-13-9)2-4-12-5-3-8/h2-6,9H2,1H3. The van der Waals surface area contributed by atoms with Crippen LogP contribution in [0.15, 0.2) is 0 Å². The van der Waals surface area contributed by atoms with Crippen molar-refractivity contribution in [3.05, 3.63) is 0 Å². The van der Waals surface area contributed by atoms with E-state index >= 15 is 0 Å². The molecule has 0 bridgehead atoms. The lowest BCUT2D eigenvalue weighted by molar-refractivity contribution is -0.164. The average molecular weight is 189 g/mol. The first-order valence-electron chi connectivity index (χ1n) is 4.23. The maximum atomic E-state index is 11.5. The van der Waals surface area contributed by atoms with E-state index in [2.05, 4.69) is 4.84 Å². The topological polar surface area (TPSA) is 70.8 Å². The molecule has 2 N–H and O–H groups in total. The summed E-state index contributed by atoms with van der Waals surface area (Å²) >= 11 is 0. The Morgan fingerprint density at radius 1 is 1.54 bits per heavy atom. The minimum Gasteiger partial charge on any atom is -0.469 e. The van der Waals surface area contributed by atoms with Crippen molar-refractivity contribution >= 4 is 5.97 Å². The molecule has 5 heteroatoms. The highest BCUT2D eigenvalue weighted by Crippen LogP contribution is 2.31. The molecule has 1 saturated heterocycles. The van der Waals surface area contributed by atoms with Crippen LogP contribution in [0.5, 0.6) is 0 Å². The molecule has 76 valence electrons. The van der Waals surface area contributed by atoms with Gasteiger partial charge in [0.1, 0.15) is 0 Å². The van der Waals surface area contributed by atoms with Crippen LogP contribution in [-0.2, 0) is 19.1 Å². The quantitative estimate of drug-likeness (QED) is 0.493. The summed E-state index contributed by atoms with van der Waals surface area (Å²) < 4.78 is 9.88. The monoisotopic (exact) mass is 189 g/mol. The molecule has 13 heavy (non-hydrogen) atoms.